The number of aliphatic hydroxyl groups excluding tert-OH is 1. The zero-order valence-electron chi connectivity index (χ0n) is 10.7. The van der Waals surface area contributed by atoms with Crippen LogP contribution in [0.3, 0.4) is 0 Å². The predicted molar refractivity (Wildman–Crippen MR) is 73.6 cm³/mol. The first kappa shape index (κ1) is 11.9. The molecular weight excluding hydrogens is 238 g/mol. The molecule has 1 N–H and O–H groups in total. The van der Waals surface area contributed by atoms with E-state index in [1.807, 2.05) is 54.2 Å². The van der Waals surface area contributed by atoms with Gasteiger partial charge in [-0.05, 0) is 12.1 Å². The van der Waals surface area contributed by atoms with Crippen molar-refractivity contribution in [2.75, 3.05) is 0 Å². The molecule has 0 fully saturated rings. The number of pyridine rings is 1. The van der Waals surface area contributed by atoms with Crippen molar-refractivity contribution in [3.8, 4) is 0 Å². The SMILES string of the molecule is Cn1ccnc1CC(O)c1ccc2ccccc2n1. The zero-order valence-corrected chi connectivity index (χ0v) is 10.7. The Morgan fingerprint density at radius 2 is 2.05 bits per heavy atom. The third-order valence-electron chi connectivity index (χ3n) is 3.26. The highest BCUT2D eigenvalue weighted by Crippen LogP contribution is 2.19. The lowest BCUT2D eigenvalue weighted by atomic mass is 10.1. The number of aromatic nitrogens is 3. The second-order valence-corrected chi connectivity index (χ2v) is 4.60. The maximum Gasteiger partial charge on any atom is 0.111 e. The number of hydrogen-bond acceptors (Lipinski definition) is 3. The van der Waals surface area contributed by atoms with Gasteiger partial charge in [0.15, 0.2) is 0 Å². The molecule has 4 heteroatoms. The van der Waals surface area contributed by atoms with Crippen molar-refractivity contribution in [1.82, 2.24) is 14.5 Å². The summed E-state index contributed by atoms with van der Waals surface area (Å²) in [5.74, 6) is 0.849. The molecule has 3 rings (SSSR count). The van der Waals surface area contributed by atoms with Crippen molar-refractivity contribution in [2.45, 2.75) is 12.5 Å². The van der Waals surface area contributed by atoms with E-state index in [9.17, 15) is 5.11 Å². The van der Waals surface area contributed by atoms with Gasteiger partial charge in [0.05, 0.1) is 11.2 Å². The monoisotopic (exact) mass is 253 g/mol. The molecule has 0 spiro atoms. The first-order chi connectivity index (χ1) is 9.24. The van der Waals surface area contributed by atoms with Crippen molar-refractivity contribution in [1.29, 1.82) is 0 Å². The molecule has 2 aromatic heterocycles. The minimum atomic E-state index is -0.634. The van der Waals surface area contributed by atoms with Gasteiger partial charge in [-0.1, -0.05) is 24.3 Å². The van der Waals surface area contributed by atoms with Crippen LogP contribution in [0.1, 0.15) is 17.6 Å². The normalized spacial score (nSPS) is 12.7. The molecule has 1 unspecified atom stereocenters. The molecule has 0 aliphatic heterocycles. The number of nitrogens with zero attached hydrogens (tertiary/aromatic N) is 3. The smallest absolute Gasteiger partial charge is 0.111 e. The molecule has 0 saturated heterocycles. The van der Waals surface area contributed by atoms with Gasteiger partial charge in [-0.2, -0.15) is 0 Å². The summed E-state index contributed by atoms with van der Waals surface area (Å²) in [7, 11) is 1.92. The van der Waals surface area contributed by atoms with Gasteiger partial charge in [-0.15, -0.1) is 0 Å². The lowest BCUT2D eigenvalue weighted by Crippen LogP contribution is -2.08. The molecule has 0 bridgehead atoms. The minimum Gasteiger partial charge on any atom is -0.386 e. The summed E-state index contributed by atoms with van der Waals surface area (Å²) in [6.45, 7) is 0. The number of para-hydroxylation sites is 1. The van der Waals surface area contributed by atoms with Crippen LogP contribution in [0.2, 0.25) is 0 Å². The number of rotatable bonds is 3. The van der Waals surface area contributed by atoms with Crippen LogP contribution in [-0.4, -0.2) is 19.6 Å². The van der Waals surface area contributed by atoms with Crippen molar-refractivity contribution in [3.63, 3.8) is 0 Å². The van der Waals surface area contributed by atoms with Crippen LogP contribution in [0.25, 0.3) is 10.9 Å². The van der Waals surface area contributed by atoms with Gasteiger partial charge < -0.3 is 9.67 Å². The fourth-order valence-corrected chi connectivity index (χ4v) is 2.14. The molecule has 1 aromatic carbocycles. The average molecular weight is 253 g/mol. The number of benzene rings is 1. The van der Waals surface area contributed by atoms with E-state index in [1.165, 1.54) is 0 Å². The first-order valence-electron chi connectivity index (χ1n) is 6.24. The van der Waals surface area contributed by atoms with E-state index < -0.39 is 6.10 Å². The van der Waals surface area contributed by atoms with Gasteiger partial charge in [-0.3, -0.25) is 4.98 Å². The Morgan fingerprint density at radius 3 is 2.84 bits per heavy atom. The minimum absolute atomic E-state index is 0.467. The van der Waals surface area contributed by atoms with Gasteiger partial charge >= 0.3 is 0 Å². The quantitative estimate of drug-likeness (QED) is 0.779. The van der Waals surface area contributed by atoms with Crippen LogP contribution in [-0.2, 0) is 13.5 Å². The molecule has 2 heterocycles. The highest BCUT2D eigenvalue weighted by molar-refractivity contribution is 5.78. The Labute approximate surface area is 111 Å². The zero-order chi connectivity index (χ0) is 13.2. The van der Waals surface area contributed by atoms with Crippen LogP contribution < -0.4 is 0 Å². The summed E-state index contributed by atoms with van der Waals surface area (Å²) >= 11 is 0. The molecule has 0 amide bonds. The maximum atomic E-state index is 10.3. The fourth-order valence-electron chi connectivity index (χ4n) is 2.14. The molecule has 96 valence electrons. The van der Waals surface area contributed by atoms with Gasteiger partial charge in [-0.25, -0.2) is 4.98 Å². The van der Waals surface area contributed by atoms with E-state index in [2.05, 4.69) is 9.97 Å². The van der Waals surface area contributed by atoms with Gasteiger partial charge in [0.2, 0.25) is 0 Å². The number of aliphatic hydroxyl groups is 1. The molecule has 0 aliphatic rings. The second kappa shape index (κ2) is 4.82. The lowest BCUT2D eigenvalue weighted by Gasteiger charge is -2.10. The summed E-state index contributed by atoms with van der Waals surface area (Å²) in [6, 6.07) is 11.7. The van der Waals surface area contributed by atoms with E-state index >= 15 is 0 Å². The molecule has 0 aliphatic carbocycles. The summed E-state index contributed by atoms with van der Waals surface area (Å²) in [4.78, 5) is 8.72. The van der Waals surface area contributed by atoms with E-state index in [1.54, 1.807) is 6.20 Å². The Balaban J connectivity index is 1.89. The number of fused-ring (bicyclic) bond motifs is 1. The third-order valence-corrected chi connectivity index (χ3v) is 3.26. The Morgan fingerprint density at radius 1 is 1.21 bits per heavy atom. The molecular formula is C15H15N3O. The molecule has 1 atom stereocenters. The fraction of sp³-hybridized carbons (Fsp3) is 0.200. The standard InChI is InChI=1S/C15H15N3O/c1-18-9-8-16-15(18)10-14(19)13-7-6-11-4-2-3-5-12(11)17-13/h2-9,14,19H,10H2,1H3. The van der Waals surface area contributed by atoms with Crippen LogP contribution >= 0.6 is 0 Å². The first-order valence-corrected chi connectivity index (χ1v) is 6.24. The molecule has 3 aromatic rings. The van der Waals surface area contributed by atoms with E-state index in [0.29, 0.717) is 12.1 Å². The summed E-state index contributed by atoms with van der Waals surface area (Å²) in [6.07, 6.45) is 3.44. The Bertz CT molecular complexity index is 705. The average Bonchev–Trinajstić information content (AvgIpc) is 2.84. The molecule has 4 nitrogen and oxygen atoms in total. The molecule has 0 radical (unpaired) electrons. The molecule has 0 saturated carbocycles. The summed E-state index contributed by atoms with van der Waals surface area (Å²) < 4.78 is 1.91. The summed E-state index contributed by atoms with van der Waals surface area (Å²) in [5.41, 5.74) is 1.58. The topological polar surface area (TPSA) is 50.9 Å². The Hall–Kier alpha value is -2.20. The predicted octanol–water partition coefficient (Wildman–Crippen LogP) is 2.24. The van der Waals surface area contributed by atoms with Gasteiger partial charge in [0, 0.05) is 31.2 Å². The highest BCUT2D eigenvalue weighted by Gasteiger charge is 2.13. The number of imidazole rings is 1. The largest absolute Gasteiger partial charge is 0.386 e. The Kier molecular flexibility index (Phi) is 3.01. The lowest BCUT2D eigenvalue weighted by molar-refractivity contribution is 0.170. The number of aryl methyl sites for hydroxylation is 1. The van der Waals surface area contributed by atoms with Crippen molar-refractivity contribution in [3.05, 3.63) is 60.3 Å². The van der Waals surface area contributed by atoms with Crippen LogP contribution in [0.4, 0.5) is 0 Å². The van der Waals surface area contributed by atoms with Crippen molar-refractivity contribution in [2.24, 2.45) is 7.05 Å². The second-order valence-electron chi connectivity index (χ2n) is 4.60. The summed E-state index contributed by atoms with van der Waals surface area (Å²) in [5, 5.41) is 11.3. The highest BCUT2D eigenvalue weighted by atomic mass is 16.3. The van der Waals surface area contributed by atoms with Crippen LogP contribution in [0, 0.1) is 0 Å². The van der Waals surface area contributed by atoms with Crippen LogP contribution in [0.15, 0.2) is 48.8 Å². The van der Waals surface area contributed by atoms with E-state index in [4.69, 9.17) is 0 Å². The van der Waals surface area contributed by atoms with Gasteiger partial charge in [0.25, 0.3) is 0 Å². The van der Waals surface area contributed by atoms with Crippen LogP contribution in [0.5, 0.6) is 0 Å². The van der Waals surface area contributed by atoms with E-state index in [0.717, 1.165) is 16.7 Å². The molecule has 19 heavy (non-hydrogen) atoms. The van der Waals surface area contributed by atoms with E-state index in [-0.39, 0.29) is 0 Å². The third kappa shape index (κ3) is 2.35. The van der Waals surface area contributed by atoms with Gasteiger partial charge in [0.1, 0.15) is 11.9 Å². The van der Waals surface area contributed by atoms with Crippen molar-refractivity contribution >= 4 is 10.9 Å². The maximum absolute atomic E-state index is 10.3. The number of hydrogen-bond donors (Lipinski definition) is 1. The van der Waals surface area contributed by atoms with Crippen molar-refractivity contribution < 1.29 is 5.11 Å².